The zero-order valence-corrected chi connectivity index (χ0v) is 40.7. The van der Waals surface area contributed by atoms with Crippen LogP contribution in [0.4, 0.5) is 16.2 Å². The second kappa shape index (κ2) is 26.8. The summed E-state index contributed by atoms with van der Waals surface area (Å²) in [5.41, 5.74) is 3.35. The van der Waals surface area contributed by atoms with Gasteiger partial charge in [-0.2, -0.15) is 0 Å². The number of ether oxygens (including phenoxy) is 6. The lowest BCUT2D eigenvalue weighted by atomic mass is 9.55. The number of carbonyl (C=O) groups is 1. The highest BCUT2D eigenvalue weighted by molar-refractivity contribution is 6.03. The van der Waals surface area contributed by atoms with Gasteiger partial charge in [0.1, 0.15) is 36.5 Å². The van der Waals surface area contributed by atoms with Crippen LogP contribution < -0.4 is 9.47 Å². The summed E-state index contributed by atoms with van der Waals surface area (Å²) >= 11 is 0. The molecule has 4 aromatic carbocycles. The summed E-state index contributed by atoms with van der Waals surface area (Å²) in [7, 11) is 0. The van der Waals surface area contributed by atoms with Crippen molar-refractivity contribution in [1.82, 2.24) is 4.90 Å². The maximum absolute atomic E-state index is 14.8. The van der Waals surface area contributed by atoms with Crippen molar-refractivity contribution >= 4 is 23.2 Å². The van der Waals surface area contributed by atoms with Crippen molar-refractivity contribution in [3.8, 4) is 17.2 Å². The number of nitro benzene ring substituents is 2. The summed E-state index contributed by atoms with van der Waals surface area (Å²) in [5, 5.41) is 57.7. The number of unbranched alkanes of at least 4 members (excludes halogenated alkanes) is 2. The van der Waals surface area contributed by atoms with Crippen molar-refractivity contribution in [2.24, 2.45) is 22.9 Å². The lowest BCUT2D eigenvalue weighted by Crippen LogP contribution is -2.70. The molecule has 7 rings (SSSR count). The number of nitro groups is 2. The average Bonchev–Trinajstić information content (AvgIpc) is 3.40. The molecule has 0 aromatic heterocycles. The minimum Gasteiger partial charge on any atom is -0.459 e. The van der Waals surface area contributed by atoms with E-state index in [1.807, 2.05) is 36.4 Å². The maximum atomic E-state index is 14.8. The van der Waals surface area contributed by atoms with Gasteiger partial charge < -0.3 is 48.6 Å². The van der Waals surface area contributed by atoms with Crippen molar-refractivity contribution in [1.29, 1.82) is 0 Å². The minimum atomic E-state index is -1.66. The molecule has 1 fully saturated rings. The Morgan fingerprint density at radius 3 is 2.26 bits per heavy atom. The van der Waals surface area contributed by atoms with Crippen LogP contribution in [0.25, 0.3) is 0 Å². The Bertz CT molecular complexity index is 2520. The van der Waals surface area contributed by atoms with Gasteiger partial charge in [-0.15, -0.1) is 6.58 Å². The van der Waals surface area contributed by atoms with Crippen molar-refractivity contribution in [3.05, 3.63) is 158 Å². The fourth-order valence-corrected chi connectivity index (χ4v) is 10.1. The fraction of sp³-hybridized carbons (Fsp3) is 0.444. The van der Waals surface area contributed by atoms with Gasteiger partial charge in [-0.25, -0.2) is 4.79 Å². The number of aliphatic hydroxyl groups excluding tert-OH is 3. The van der Waals surface area contributed by atoms with Gasteiger partial charge in [0.25, 0.3) is 11.4 Å². The minimum absolute atomic E-state index is 0.000231. The monoisotopic (exact) mass is 1010 g/mol. The zero-order valence-electron chi connectivity index (χ0n) is 40.7. The molecule has 0 spiro atoms. The second-order valence-corrected chi connectivity index (χ2v) is 18.0. The molecule has 1 amide bonds. The highest BCUT2D eigenvalue weighted by Gasteiger charge is 2.65. The molecular formula is C54H64N4O15. The molecule has 3 aliphatic rings. The molecule has 390 valence electrons. The van der Waals surface area contributed by atoms with Crippen LogP contribution in [0.5, 0.6) is 17.2 Å². The Hall–Kier alpha value is -6.74. The van der Waals surface area contributed by atoms with Gasteiger partial charge in [0.05, 0.1) is 67.2 Å². The molecule has 0 radical (unpaired) electrons. The molecule has 19 nitrogen and oxygen atoms in total. The van der Waals surface area contributed by atoms with Crippen molar-refractivity contribution < 1.29 is 63.2 Å². The Labute approximate surface area is 423 Å². The summed E-state index contributed by atoms with van der Waals surface area (Å²) in [6.45, 7) is 3.98. The molecule has 1 saturated carbocycles. The van der Waals surface area contributed by atoms with E-state index in [2.05, 4.69) is 12.7 Å². The molecule has 0 saturated heterocycles. The summed E-state index contributed by atoms with van der Waals surface area (Å²) in [4.78, 5) is 44.7. The highest BCUT2D eigenvalue weighted by atomic mass is 16.7. The van der Waals surface area contributed by atoms with Crippen LogP contribution in [0.15, 0.2) is 127 Å². The first-order chi connectivity index (χ1) is 35.6. The van der Waals surface area contributed by atoms with Crippen LogP contribution in [0.3, 0.4) is 0 Å². The van der Waals surface area contributed by atoms with Gasteiger partial charge in [-0.3, -0.25) is 25.1 Å². The fourth-order valence-electron chi connectivity index (χ4n) is 10.1. The Morgan fingerprint density at radius 1 is 0.795 bits per heavy atom. The van der Waals surface area contributed by atoms with Gasteiger partial charge in [0.2, 0.25) is 5.79 Å². The van der Waals surface area contributed by atoms with Crippen LogP contribution in [-0.4, -0.2) is 113 Å². The van der Waals surface area contributed by atoms with E-state index < -0.39 is 39.6 Å². The van der Waals surface area contributed by atoms with Crippen LogP contribution >= 0.6 is 0 Å². The van der Waals surface area contributed by atoms with Crippen LogP contribution in [0.1, 0.15) is 67.6 Å². The lowest BCUT2D eigenvalue weighted by Gasteiger charge is -2.59. The van der Waals surface area contributed by atoms with Crippen LogP contribution in [0.2, 0.25) is 0 Å². The van der Waals surface area contributed by atoms with E-state index >= 15 is 0 Å². The Kier molecular flexibility index (Phi) is 19.8. The van der Waals surface area contributed by atoms with E-state index in [1.54, 1.807) is 42.5 Å². The van der Waals surface area contributed by atoms with Gasteiger partial charge >= 0.3 is 6.09 Å². The topological polar surface area (TPSA) is 244 Å². The lowest BCUT2D eigenvalue weighted by molar-refractivity contribution is -0.385. The number of amides is 1. The molecule has 1 heterocycles. The number of hydrogen-bond acceptors (Lipinski definition) is 16. The van der Waals surface area contributed by atoms with Crippen molar-refractivity contribution in [3.63, 3.8) is 0 Å². The number of nitrogens with zero attached hydrogens (tertiary/aromatic N) is 4. The molecule has 6 atom stereocenters. The van der Waals surface area contributed by atoms with E-state index in [0.717, 1.165) is 16.7 Å². The third-order valence-corrected chi connectivity index (χ3v) is 13.3. The molecule has 0 bridgehead atoms. The quantitative estimate of drug-likeness (QED) is 0.0199. The molecule has 3 N–H and O–H groups in total. The summed E-state index contributed by atoms with van der Waals surface area (Å²) in [6.07, 6.45) is 6.91. The smallest absolute Gasteiger partial charge is 0.410 e. The van der Waals surface area contributed by atoms with E-state index in [9.17, 15) is 40.3 Å². The number of rotatable bonds is 29. The molecule has 4 aromatic rings. The SMILES string of the molecule is C=CCOC12Oc3ccc(Oc4cccc([N+](=O)[O-])c4)cc3C3C(CCCCO)C(CCCCO)C=C(C(=NOCc4ccc([N+](=O)[O-])cc4)CC1N(CCOCCO)C(=O)OCCOCc1ccccc1)C32. The van der Waals surface area contributed by atoms with E-state index in [0.29, 0.717) is 67.9 Å². The zero-order chi connectivity index (χ0) is 51.6. The van der Waals surface area contributed by atoms with E-state index in [4.69, 9.17) is 38.4 Å². The van der Waals surface area contributed by atoms with Gasteiger partial charge in [-0.1, -0.05) is 66.5 Å². The Balaban J connectivity index is 1.37. The number of non-ortho nitro benzene ring substituents is 2. The third-order valence-electron chi connectivity index (χ3n) is 13.3. The predicted octanol–water partition coefficient (Wildman–Crippen LogP) is 8.79. The number of fused-ring (bicyclic) bond motifs is 2. The largest absolute Gasteiger partial charge is 0.459 e. The number of hydrogen-bond donors (Lipinski definition) is 3. The number of aliphatic hydroxyl groups is 3. The van der Waals surface area contributed by atoms with Gasteiger partial charge in [-0.05, 0) is 90.6 Å². The van der Waals surface area contributed by atoms with Gasteiger partial charge in [0.15, 0.2) is 0 Å². The van der Waals surface area contributed by atoms with Gasteiger partial charge in [0, 0.05) is 55.9 Å². The Morgan fingerprint density at radius 2 is 1.53 bits per heavy atom. The number of carbonyl (C=O) groups excluding carboxylic acids is 1. The van der Waals surface area contributed by atoms with E-state index in [-0.39, 0.29) is 101 Å². The highest BCUT2D eigenvalue weighted by Crippen LogP contribution is 2.62. The summed E-state index contributed by atoms with van der Waals surface area (Å²) < 4.78 is 38.3. The van der Waals surface area contributed by atoms with Crippen LogP contribution in [-0.2, 0) is 37.0 Å². The number of benzene rings is 4. The maximum Gasteiger partial charge on any atom is 0.410 e. The first kappa shape index (κ1) is 54.0. The molecule has 2 aliphatic carbocycles. The first-order valence-corrected chi connectivity index (χ1v) is 24.7. The standard InChI is InChI=1S/C54H64N4O15/c1-2-27-70-54-50(56(23-28-67-29-26-61)53(62)69-31-30-68-36-38-11-4-3-5-12-38)35-48(55-71-37-39-17-19-41(20-18-39)57(63)64)46-32-40(13-6-8-24-59)45(16-7-9-25-60)51(52(46)54)47-34-44(21-22-49(47)73-54)72-43-15-10-14-42(33-43)58(65)66/h2-5,10-12,14-15,17-22,32-34,40,45,50-52,59-61H,1,6-9,13,16,23-31,35-37H2. The normalized spacial score (nSPS) is 21.2. The molecular weight excluding hydrogens is 945 g/mol. The second-order valence-electron chi connectivity index (χ2n) is 18.0. The van der Waals surface area contributed by atoms with Crippen molar-refractivity contribution in [2.45, 2.75) is 75.9 Å². The number of oxime groups is 1. The van der Waals surface area contributed by atoms with E-state index in [1.165, 1.54) is 29.2 Å². The molecule has 1 aliphatic heterocycles. The van der Waals surface area contributed by atoms with Crippen LogP contribution in [0, 0.1) is 38.0 Å². The summed E-state index contributed by atoms with van der Waals surface area (Å²) in [5.74, 6) is -2.00. The molecule has 6 unspecified atom stereocenters. The first-order valence-electron chi connectivity index (χ1n) is 24.7. The molecule has 73 heavy (non-hydrogen) atoms. The summed E-state index contributed by atoms with van der Waals surface area (Å²) in [6, 6.07) is 25.8. The average molecular weight is 1010 g/mol. The van der Waals surface area contributed by atoms with Crippen molar-refractivity contribution in [2.75, 3.05) is 59.4 Å². The molecule has 19 heteroatoms. The number of allylic oxidation sites excluding steroid dienone is 1. The third kappa shape index (κ3) is 13.7. The predicted molar refractivity (Wildman–Crippen MR) is 268 cm³/mol.